The largest absolute Gasteiger partial charge is 0.427 e. The lowest BCUT2D eigenvalue weighted by molar-refractivity contribution is -0.134. The molecule has 2 saturated carbocycles. The summed E-state index contributed by atoms with van der Waals surface area (Å²) in [5.74, 6) is -0.0869. The Morgan fingerprint density at radius 2 is 1.61 bits per heavy atom. The Kier molecular flexibility index (Phi) is 5.67. The molecule has 0 spiro atoms. The first kappa shape index (κ1) is 20.1. The van der Waals surface area contributed by atoms with Crippen LogP contribution in [0.2, 0.25) is 0 Å². The van der Waals surface area contributed by atoms with Gasteiger partial charge in [-0.1, -0.05) is 51.6 Å². The number of alkyl halides is 2. The van der Waals surface area contributed by atoms with Gasteiger partial charge in [-0.3, -0.25) is 19.3 Å². The minimum absolute atomic E-state index is 0.101. The van der Waals surface area contributed by atoms with Gasteiger partial charge in [-0.2, -0.15) is 0 Å². The summed E-state index contributed by atoms with van der Waals surface area (Å²) in [7, 11) is 0. The van der Waals surface area contributed by atoms with Gasteiger partial charge in [0.1, 0.15) is 5.75 Å². The third-order valence-corrected chi connectivity index (χ3v) is 9.50. The highest BCUT2D eigenvalue weighted by Crippen LogP contribution is 2.60. The van der Waals surface area contributed by atoms with Crippen LogP contribution in [-0.2, 0) is 14.4 Å². The van der Waals surface area contributed by atoms with Crippen molar-refractivity contribution in [1.29, 1.82) is 0 Å². The average molecular weight is 513 g/mol. The summed E-state index contributed by atoms with van der Waals surface area (Å²) < 4.78 is 5.34. The van der Waals surface area contributed by atoms with Crippen LogP contribution in [0.4, 0.5) is 5.69 Å². The third-order valence-electron chi connectivity index (χ3n) is 6.30. The van der Waals surface area contributed by atoms with Crippen LogP contribution in [0.3, 0.4) is 0 Å². The summed E-state index contributed by atoms with van der Waals surface area (Å²) in [5, 5.41) is 0. The number of unbranched alkanes of at least 4 members (excludes halogenated alkanes) is 2. The molecule has 6 atom stereocenters. The number of hydrogen-bond donors (Lipinski definition) is 0. The lowest BCUT2D eigenvalue weighted by atomic mass is 9.81. The van der Waals surface area contributed by atoms with Crippen LogP contribution < -0.4 is 9.64 Å². The molecule has 7 heteroatoms. The van der Waals surface area contributed by atoms with E-state index in [2.05, 4.69) is 38.8 Å². The molecule has 0 unspecified atom stereocenters. The predicted octanol–water partition coefficient (Wildman–Crippen LogP) is 4.45. The second kappa shape index (κ2) is 7.90. The molecule has 3 fully saturated rings. The highest BCUT2D eigenvalue weighted by molar-refractivity contribution is 9.12. The number of esters is 1. The highest BCUT2D eigenvalue weighted by Gasteiger charge is 2.66. The van der Waals surface area contributed by atoms with Crippen LogP contribution in [-0.4, -0.2) is 27.4 Å². The van der Waals surface area contributed by atoms with Crippen molar-refractivity contribution in [3.63, 3.8) is 0 Å². The number of ether oxygens (including phenoxy) is 1. The average Bonchev–Trinajstić information content (AvgIpc) is 3.28. The first-order valence-corrected chi connectivity index (χ1v) is 11.7. The number of anilines is 1. The van der Waals surface area contributed by atoms with Gasteiger partial charge < -0.3 is 4.74 Å². The zero-order valence-electron chi connectivity index (χ0n) is 15.6. The Bertz CT molecular complexity index is 764. The van der Waals surface area contributed by atoms with Crippen molar-refractivity contribution in [2.24, 2.45) is 23.7 Å². The van der Waals surface area contributed by atoms with E-state index in [-0.39, 0.29) is 51.1 Å². The minimum Gasteiger partial charge on any atom is -0.427 e. The number of amides is 2. The Morgan fingerprint density at radius 3 is 2.14 bits per heavy atom. The number of nitrogens with zero attached hydrogens (tertiary/aromatic N) is 1. The zero-order valence-corrected chi connectivity index (χ0v) is 18.8. The first-order valence-electron chi connectivity index (χ1n) is 9.90. The molecule has 4 rings (SSSR count). The fourth-order valence-corrected chi connectivity index (χ4v) is 6.84. The van der Waals surface area contributed by atoms with Gasteiger partial charge in [0.05, 0.1) is 17.5 Å². The lowest BCUT2D eigenvalue weighted by Gasteiger charge is -2.28. The SMILES string of the molecule is CCCCCC(=O)Oc1ccc(N2C(=O)[C@@H]3[C@H]4C[C@H]([C@H](Br)[C@@H]4Br)[C@@H]3C2=O)cc1. The quantitative estimate of drug-likeness (QED) is 0.186. The molecular weight excluding hydrogens is 490 g/mol. The second-order valence-electron chi connectivity index (χ2n) is 7.94. The van der Waals surface area contributed by atoms with Gasteiger partial charge in [0.2, 0.25) is 11.8 Å². The molecule has 150 valence electrons. The van der Waals surface area contributed by atoms with E-state index in [1.807, 2.05) is 0 Å². The molecule has 0 aromatic heterocycles. The van der Waals surface area contributed by atoms with Gasteiger partial charge >= 0.3 is 5.97 Å². The molecule has 1 aromatic carbocycles. The minimum atomic E-state index is -0.257. The topological polar surface area (TPSA) is 63.7 Å². The van der Waals surface area contributed by atoms with E-state index in [1.165, 1.54) is 4.90 Å². The Hall–Kier alpha value is -1.21. The number of benzene rings is 1. The Labute approximate surface area is 181 Å². The van der Waals surface area contributed by atoms with Crippen LogP contribution >= 0.6 is 31.9 Å². The molecule has 1 aromatic rings. The number of imide groups is 1. The summed E-state index contributed by atoms with van der Waals surface area (Å²) in [4.78, 5) is 39.7. The first-order chi connectivity index (χ1) is 13.4. The molecule has 1 saturated heterocycles. The molecule has 0 N–H and O–H groups in total. The molecule has 5 nitrogen and oxygen atoms in total. The van der Waals surface area contributed by atoms with Crippen molar-refractivity contribution in [1.82, 2.24) is 0 Å². The fraction of sp³-hybridized carbons (Fsp3) is 0.571. The van der Waals surface area contributed by atoms with E-state index in [1.54, 1.807) is 24.3 Å². The fourth-order valence-electron chi connectivity index (χ4n) is 4.97. The highest BCUT2D eigenvalue weighted by atomic mass is 79.9. The van der Waals surface area contributed by atoms with Gasteiger partial charge in [-0.25, -0.2) is 0 Å². The van der Waals surface area contributed by atoms with E-state index >= 15 is 0 Å². The molecule has 1 heterocycles. The van der Waals surface area contributed by atoms with Gasteiger partial charge in [0.25, 0.3) is 0 Å². The maximum Gasteiger partial charge on any atom is 0.311 e. The summed E-state index contributed by atoms with van der Waals surface area (Å²) in [6.07, 6.45) is 4.18. The van der Waals surface area contributed by atoms with Crippen LogP contribution in [0.1, 0.15) is 39.0 Å². The van der Waals surface area contributed by atoms with Gasteiger partial charge in [0.15, 0.2) is 0 Å². The number of carbonyl (C=O) groups is 3. The molecule has 28 heavy (non-hydrogen) atoms. The standard InChI is InChI=1S/C21H23Br2NO4/c1-2-3-4-5-15(25)28-12-8-6-11(7-9-12)24-20(26)16-13-10-14(17(16)21(24)27)19(23)18(13)22/h6-9,13-14,16-19H,2-5,10H2,1H3/t13-,14+,16-,17+,18-,19+. The normalized spacial score (nSPS) is 33.5. The van der Waals surface area contributed by atoms with Gasteiger partial charge in [-0.15, -0.1) is 0 Å². The molecule has 3 aliphatic rings. The summed E-state index contributed by atoms with van der Waals surface area (Å²) in [6, 6.07) is 6.67. The molecule has 2 aliphatic carbocycles. The molecular formula is C21H23Br2NO4. The number of fused-ring (bicyclic) bond motifs is 5. The van der Waals surface area contributed by atoms with E-state index in [4.69, 9.17) is 4.74 Å². The second-order valence-corrected chi connectivity index (χ2v) is 10.1. The van der Waals surface area contributed by atoms with Crippen LogP contribution in [0, 0.1) is 23.7 Å². The summed E-state index contributed by atoms with van der Waals surface area (Å²) >= 11 is 7.40. The number of hydrogen-bond acceptors (Lipinski definition) is 4. The lowest BCUT2D eigenvalue weighted by Crippen LogP contribution is -2.37. The van der Waals surface area contributed by atoms with E-state index in [9.17, 15) is 14.4 Å². The van der Waals surface area contributed by atoms with E-state index < -0.39 is 0 Å². The number of rotatable bonds is 6. The van der Waals surface area contributed by atoms with Crippen LogP contribution in [0.15, 0.2) is 24.3 Å². The van der Waals surface area contributed by atoms with Crippen molar-refractivity contribution in [3.8, 4) is 5.75 Å². The third kappa shape index (κ3) is 3.24. The Balaban J connectivity index is 1.46. The number of carbonyl (C=O) groups excluding carboxylic acids is 3. The van der Waals surface area contributed by atoms with E-state index in [0.29, 0.717) is 17.9 Å². The maximum atomic E-state index is 13.0. The predicted molar refractivity (Wildman–Crippen MR) is 113 cm³/mol. The van der Waals surface area contributed by atoms with Crippen LogP contribution in [0.5, 0.6) is 5.75 Å². The van der Waals surface area contributed by atoms with Crippen molar-refractivity contribution < 1.29 is 19.1 Å². The monoisotopic (exact) mass is 511 g/mol. The zero-order chi connectivity index (χ0) is 20.0. The molecule has 0 radical (unpaired) electrons. The maximum absolute atomic E-state index is 13.0. The summed E-state index contributed by atoms with van der Waals surface area (Å²) in [5.41, 5.74) is 0.548. The van der Waals surface area contributed by atoms with Crippen molar-refractivity contribution in [3.05, 3.63) is 24.3 Å². The van der Waals surface area contributed by atoms with Gasteiger partial charge in [-0.05, 0) is 48.9 Å². The van der Waals surface area contributed by atoms with Crippen LogP contribution in [0.25, 0.3) is 0 Å². The molecule has 2 bridgehead atoms. The van der Waals surface area contributed by atoms with E-state index in [0.717, 1.165) is 25.7 Å². The molecule has 1 aliphatic heterocycles. The summed E-state index contributed by atoms with van der Waals surface area (Å²) in [6.45, 7) is 2.08. The van der Waals surface area contributed by atoms with Crippen molar-refractivity contribution >= 4 is 55.3 Å². The number of halogens is 2. The van der Waals surface area contributed by atoms with Crippen molar-refractivity contribution in [2.45, 2.75) is 48.7 Å². The smallest absolute Gasteiger partial charge is 0.311 e. The van der Waals surface area contributed by atoms with Gasteiger partial charge in [0, 0.05) is 16.1 Å². The van der Waals surface area contributed by atoms with Crippen molar-refractivity contribution in [2.75, 3.05) is 4.90 Å². The molecule has 2 amide bonds. The Morgan fingerprint density at radius 1 is 1.04 bits per heavy atom.